The van der Waals surface area contributed by atoms with Crippen LogP contribution in [0.2, 0.25) is 0 Å². The van der Waals surface area contributed by atoms with Crippen molar-refractivity contribution >= 4 is 17.8 Å². The van der Waals surface area contributed by atoms with Crippen LogP contribution in [0.15, 0.2) is 64.1 Å². The number of nitro benzene ring substituents is 1. The van der Waals surface area contributed by atoms with Gasteiger partial charge in [-0.1, -0.05) is 0 Å². The molecule has 0 aliphatic rings. The molecule has 3 rings (SSSR count). The van der Waals surface area contributed by atoms with E-state index >= 15 is 0 Å². The molecular formula is C19H14FN3O4. The van der Waals surface area contributed by atoms with Crippen LogP contribution in [-0.4, -0.2) is 17.0 Å². The van der Waals surface area contributed by atoms with E-state index in [1.165, 1.54) is 42.6 Å². The van der Waals surface area contributed by atoms with E-state index in [0.717, 1.165) is 5.56 Å². The molecule has 0 saturated heterocycles. The van der Waals surface area contributed by atoms with Gasteiger partial charge in [0.15, 0.2) is 0 Å². The Kier molecular flexibility index (Phi) is 5.07. The van der Waals surface area contributed by atoms with Gasteiger partial charge in [0.05, 0.1) is 11.1 Å². The highest BCUT2D eigenvalue weighted by atomic mass is 19.1. The number of hydrogen-bond donors (Lipinski definition) is 1. The normalized spacial score (nSPS) is 10.9. The number of hydrogen-bond acceptors (Lipinski definition) is 5. The van der Waals surface area contributed by atoms with Crippen molar-refractivity contribution in [3.05, 3.63) is 87.4 Å². The van der Waals surface area contributed by atoms with Crippen LogP contribution in [0, 0.1) is 22.9 Å². The third-order valence-electron chi connectivity index (χ3n) is 3.78. The fourth-order valence-electron chi connectivity index (χ4n) is 2.43. The monoisotopic (exact) mass is 367 g/mol. The lowest BCUT2D eigenvalue weighted by atomic mass is 10.1. The van der Waals surface area contributed by atoms with Crippen molar-refractivity contribution in [2.75, 3.05) is 0 Å². The van der Waals surface area contributed by atoms with Gasteiger partial charge in [0, 0.05) is 23.3 Å². The van der Waals surface area contributed by atoms with E-state index in [-0.39, 0.29) is 11.3 Å². The summed E-state index contributed by atoms with van der Waals surface area (Å²) in [5, 5.41) is 14.6. The van der Waals surface area contributed by atoms with Crippen molar-refractivity contribution in [2.24, 2.45) is 5.10 Å². The number of rotatable bonds is 5. The van der Waals surface area contributed by atoms with Gasteiger partial charge in [-0.15, -0.1) is 0 Å². The van der Waals surface area contributed by atoms with Gasteiger partial charge in [0.2, 0.25) is 0 Å². The molecule has 7 nitrogen and oxygen atoms in total. The molecule has 0 radical (unpaired) electrons. The average Bonchev–Trinajstić information content (AvgIpc) is 3.10. The first-order valence-corrected chi connectivity index (χ1v) is 7.88. The Hall–Kier alpha value is -3.81. The smallest absolute Gasteiger partial charge is 0.271 e. The van der Waals surface area contributed by atoms with E-state index in [4.69, 9.17) is 4.42 Å². The average molecular weight is 367 g/mol. The number of benzene rings is 2. The Labute approximate surface area is 153 Å². The molecule has 136 valence electrons. The third kappa shape index (κ3) is 4.24. The zero-order valence-electron chi connectivity index (χ0n) is 14.2. The van der Waals surface area contributed by atoms with E-state index in [1.54, 1.807) is 25.1 Å². The zero-order valence-corrected chi connectivity index (χ0v) is 14.2. The van der Waals surface area contributed by atoms with E-state index in [2.05, 4.69) is 10.5 Å². The second-order valence-electron chi connectivity index (χ2n) is 5.66. The summed E-state index contributed by atoms with van der Waals surface area (Å²) in [6.45, 7) is 1.75. The summed E-state index contributed by atoms with van der Waals surface area (Å²) in [5.41, 5.74) is 4.02. The van der Waals surface area contributed by atoms with Gasteiger partial charge in [0.25, 0.3) is 11.6 Å². The topological polar surface area (TPSA) is 97.7 Å². The Morgan fingerprint density at radius 1 is 1.19 bits per heavy atom. The molecule has 0 atom stereocenters. The van der Waals surface area contributed by atoms with Crippen LogP contribution in [0.5, 0.6) is 0 Å². The second-order valence-corrected chi connectivity index (χ2v) is 5.66. The molecule has 1 N–H and O–H groups in total. The van der Waals surface area contributed by atoms with Crippen LogP contribution >= 0.6 is 0 Å². The van der Waals surface area contributed by atoms with Gasteiger partial charge in [-0.2, -0.15) is 5.10 Å². The number of aryl methyl sites for hydroxylation is 1. The number of nitro groups is 1. The Morgan fingerprint density at radius 3 is 2.59 bits per heavy atom. The quantitative estimate of drug-likeness (QED) is 0.417. The van der Waals surface area contributed by atoms with Crippen LogP contribution in [0.3, 0.4) is 0 Å². The standard InChI is InChI=1S/C19H14FN3O4/c1-12-10-15(23(25)26)6-8-17(12)18-9-7-16(27-18)11-21-22-19(24)13-2-4-14(20)5-3-13/h2-11H,1H3,(H,22,24). The number of non-ortho nitro benzene ring substituents is 1. The van der Waals surface area contributed by atoms with Gasteiger partial charge in [0.1, 0.15) is 17.3 Å². The van der Waals surface area contributed by atoms with Gasteiger partial charge in [-0.25, -0.2) is 9.82 Å². The van der Waals surface area contributed by atoms with Crippen LogP contribution < -0.4 is 5.43 Å². The molecule has 0 spiro atoms. The summed E-state index contributed by atoms with van der Waals surface area (Å²) < 4.78 is 18.5. The molecule has 0 bridgehead atoms. The minimum absolute atomic E-state index is 0.00750. The highest BCUT2D eigenvalue weighted by Gasteiger charge is 2.12. The number of carbonyl (C=O) groups excluding carboxylic acids is 1. The predicted octanol–water partition coefficient (Wildman–Crippen LogP) is 4.07. The fraction of sp³-hybridized carbons (Fsp3) is 0.0526. The summed E-state index contributed by atoms with van der Waals surface area (Å²) >= 11 is 0. The zero-order chi connectivity index (χ0) is 19.4. The number of amides is 1. The van der Waals surface area contributed by atoms with Crippen molar-refractivity contribution in [3.8, 4) is 11.3 Å². The molecule has 2 aromatic carbocycles. The number of hydrazone groups is 1. The Morgan fingerprint density at radius 2 is 1.93 bits per heavy atom. The van der Waals surface area contributed by atoms with Gasteiger partial charge in [-0.05, 0) is 55.0 Å². The molecule has 0 aliphatic heterocycles. The first-order chi connectivity index (χ1) is 12.9. The van der Waals surface area contributed by atoms with Crippen LogP contribution in [0.4, 0.5) is 10.1 Å². The molecular weight excluding hydrogens is 353 g/mol. The van der Waals surface area contributed by atoms with Gasteiger partial charge < -0.3 is 4.42 Å². The summed E-state index contributed by atoms with van der Waals surface area (Å²) in [6.07, 6.45) is 1.33. The van der Waals surface area contributed by atoms with Crippen molar-refractivity contribution in [1.82, 2.24) is 5.43 Å². The molecule has 1 heterocycles. The maximum atomic E-state index is 12.8. The molecule has 8 heteroatoms. The molecule has 27 heavy (non-hydrogen) atoms. The minimum atomic E-state index is -0.482. The second kappa shape index (κ2) is 7.61. The summed E-state index contributed by atoms with van der Waals surface area (Å²) in [4.78, 5) is 22.2. The lowest BCUT2D eigenvalue weighted by Crippen LogP contribution is -2.17. The first-order valence-electron chi connectivity index (χ1n) is 7.88. The molecule has 1 amide bonds. The molecule has 3 aromatic rings. The fourth-order valence-corrected chi connectivity index (χ4v) is 2.43. The number of halogens is 1. The van der Waals surface area contributed by atoms with Crippen LogP contribution in [-0.2, 0) is 0 Å². The first kappa shape index (κ1) is 18.0. The molecule has 0 aliphatic carbocycles. The third-order valence-corrected chi connectivity index (χ3v) is 3.78. The molecule has 0 fully saturated rings. The predicted molar refractivity (Wildman–Crippen MR) is 97.0 cm³/mol. The molecule has 0 saturated carbocycles. The lowest BCUT2D eigenvalue weighted by molar-refractivity contribution is -0.384. The lowest BCUT2D eigenvalue weighted by Gasteiger charge is -2.02. The van der Waals surface area contributed by atoms with Crippen LogP contribution in [0.25, 0.3) is 11.3 Å². The van der Waals surface area contributed by atoms with E-state index in [1.807, 2.05) is 0 Å². The van der Waals surface area contributed by atoms with Crippen LogP contribution in [0.1, 0.15) is 21.7 Å². The van der Waals surface area contributed by atoms with Crippen molar-refractivity contribution in [2.45, 2.75) is 6.92 Å². The largest absolute Gasteiger partial charge is 0.455 e. The number of nitrogens with one attached hydrogen (secondary N) is 1. The van der Waals surface area contributed by atoms with E-state index in [9.17, 15) is 19.3 Å². The number of carbonyl (C=O) groups is 1. The SMILES string of the molecule is Cc1cc([N+](=O)[O-])ccc1-c1ccc(C=NNC(=O)c2ccc(F)cc2)o1. The van der Waals surface area contributed by atoms with E-state index in [0.29, 0.717) is 17.1 Å². The molecule has 0 unspecified atom stereocenters. The highest BCUT2D eigenvalue weighted by Crippen LogP contribution is 2.28. The van der Waals surface area contributed by atoms with Crippen molar-refractivity contribution < 1.29 is 18.5 Å². The van der Waals surface area contributed by atoms with E-state index < -0.39 is 16.6 Å². The maximum Gasteiger partial charge on any atom is 0.271 e. The minimum Gasteiger partial charge on any atom is -0.455 e. The summed E-state index contributed by atoms with van der Waals surface area (Å²) in [6, 6.07) is 12.9. The Balaban J connectivity index is 1.69. The summed E-state index contributed by atoms with van der Waals surface area (Å²) in [7, 11) is 0. The van der Waals surface area contributed by atoms with Gasteiger partial charge in [-0.3, -0.25) is 14.9 Å². The summed E-state index contributed by atoms with van der Waals surface area (Å²) in [5.74, 6) is -0.000172. The molecule has 1 aromatic heterocycles. The highest BCUT2D eigenvalue weighted by molar-refractivity contribution is 5.94. The van der Waals surface area contributed by atoms with Gasteiger partial charge >= 0.3 is 0 Å². The number of furan rings is 1. The Bertz CT molecular complexity index is 1030. The maximum absolute atomic E-state index is 12.8. The van der Waals surface area contributed by atoms with Crippen molar-refractivity contribution in [1.29, 1.82) is 0 Å². The van der Waals surface area contributed by atoms with Crippen molar-refractivity contribution in [3.63, 3.8) is 0 Å². The number of nitrogens with zero attached hydrogens (tertiary/aromatic N) is 2.